The Morgan fingerprint density at radius 3 is 2.12 bits per heavy atom. The zero-order valence-corrected chi connectivity index (χ0v) is 28.7. The lowest BCUT2D eigenvalue weighted by molar-refractivity contribution is 0.00809. The summed E-state index contributed by atoms with van der Waals surface area (Å²) in [6.07, 6.45) is 1.44. The number of methoxy groups -OCH3 is 1. The third-order valence-electron chi connectivity index (χ3n) is 8.59. The SMILES string of the molecule is COc1ccc(-c2sc3c(c2CN(C)Cc2ccccc2)c(=O)c(C(OCc2ccccc2)C(C)C)cn3Cc2ccccc2F)cc1. The maximum absolute atomic E-state index is 15.1. The zero-order chi connectivity index (χ0) is 33.6. The molecule has 246 valence electrons. The van der Waals surface area contributed by atoms with Gasteiger partial charge < -0.3 is 14.0 Å². The molecule has 0 bridgehead atoms. The lowest BCUT2D eigenvalue weighted by Crippen LogP contribution is -2.24. The molecule has 0 spiro atoms. The maximum atomic E-state index is 15.1. The molecule has 0 N–H and O–H groups in total. The van der Waals surface area contributed by atoms with Crippen LogP contribution in [0.1, 0.15) is 47.8 Å². The van der Waals surface area contributed by atoms with Gasteiger partial charge in [-0.05, 0) is 65.6 Å². The Morgan fingerprint density at radius 1 is 0.833 bits per heavy atom. The molecular formula is C41H41FN2O3S. The first-order valence-corrected chi connectivity index (χ1v) is 17.1. The quantitative estimate of drug-likeness (QED) is 0.124. The van der Waals surface area contributed by atoms with E-state index in [1.807, 2.05) is 89.6 Å². The normalized spacial score (nSPS) is 12.2. The molecule has 0 aliphatic rings. The van der Waals surface area contributed by atoms with Gasteiger partial charge in [-0.1, -0.05) is 92.7 Å². The van der Waals surface area contributed by atoms with Gasteiger partial charge in [-0.2, -0.15) is 0 Å². The number of benzene rings is 4. The largest absolute Gasteiger partial charge is 0.497 e. The number of hydrogen-bond acceptors (Lipinski definition) is 5. The van der Waals surface area contributed by atoms with Gasteiger partial charge in [0.2, 0.25) is 0 Å². The van der Waals surface area contributed by atoms with Crippen LogP contribution in [0.3, 0.4) is 0 Å². The number of fused-ring (bicyclic) bond motifs is 1. The van der Waals surface area contributed by atoms with Crippen LogP contribution >= 0.6 is 11.3 Å². The van der Waals surface area contributed by atoms with Crippen molar-refractivity contribution in [2.75, 3.05) is 14.2 Å². The van der Waals surface area contributed by atoms with E-state index in [1.54, 1.807) is 30.6 Å². The molecule has 2 aromatic heterocycles. The van der Waals surface area contributed by atoms with Crippen molar-refractivity contribution in [2.24, 2.45) is 5.92 Å². The third kappa shape index (κ3) is 7.44. The average molecular weight is 661 g/mol. The van der Waals surface area contributed by atoms with E-state index in [9.17, 15) is 4.79 Å². The summed E-state index contributed by atoms with van der Waals surface area (Å²) in [5.74, 6) is 0.505. The zero-order valence-electron chi connectivity index (χ0n) is 27.9. The molecule has 0 fully saturated rings. The van der Waals surface area contributed by atoms with Crippen LogP contribution in [-0.4, -0.2) is 23.6 Å². The van der Waals surface area contributed by atoms with Crippen LogP contribution in [0.5, 0.6) is 5.75 Å². The van der Waals surface area contributed by atoms with Gasteiger partial charge in [0.05, 0.1) is 31.8 Å². The van der Waals surface area contributed by atoms with Gasteiger partial charge in [-0.3, -0.25) is 9.69 Å². The molecule has 2 heterocycles. The van der Waals surface area contributed by atoms with Crippen LogP contribution < -0.4 is 10.2 Å². The van der Waals surface area contributed by atoms with Crippen LogP contribution in [0.15, 0.2) is 120 Å². The summed E-state index contributed by atoms with van der Waals surface area (Å²) < 4.78 is 29.2. The van der Waals surface area contributed by atoms with Crippen LogP contribution in [0.25, 0.3) is 20.7 Å². The van der Waals surface area contributed by atoms with E-state index < -0.39 is 6.10 Å². The average Bonchev–Trinajstić information content (AvgIpc) is 3.47. The molecule has 4 aromatic carbocycles. The number of hydrogen-bond donors (Lipinski definition) is 0. The second-order valence-corrected chi connectivity index (χ2v) is 13.6. The number of pyridine rings is 1. The predicted octanol–water partition coefficient (Wildman–Crippen LogP) is 9.47. The Kier molecular flexibility index (Phi) is 10.5. The first-order chi connectivity index (χ1) is 23.3. The Balaban J connectivity index is 1.54. The van der Waals surface area contributed by atoms with Crippen molar-refractivity contribution < 1.29 is 13.9 Å². The molecule has 1 unspecified atom stereocenters. The van der Waals surface area contributed by atoms with E-state index in [4.69, 9.17) is 9.47 Å². The fraction of sp³-hybridized carbons (Fsp3) is 0.244. The molecule has 0 saturated carbocycles. The first kappa shape index (κ1) is 33.3. The van der Waals surface area contributed by atoms with Gasteiger partial charge in [0.15, 0.2) is 5.43 Å². The van der Waals surface area contributed by atoms with E-state index in [2.05, 4.69) is 37.9 Å². The van der Waals surface area contributed by atoms with Crippen LogP contribution in [0, 0.1) is 11.7 Å². The first-order valence-electron chi connectivity index (χ1n) is 16.3. The minimum atomic E-state index is -0.465. The van der Waals surface area contributed by atoms with E-state index in [0.717, 1.165) is 38.7 Å². The number of aromatic nitrogens is 1. The molecule has 0 amide bonds. The van der Waals surface area contributed by atoms with Crippen LogP contribution in [-0.2, 0) is 31.0 Å². The number of ether oxygens (including phenoxy) is 2. The predicted molar refractivity (Wildman–Crippen MR) is 194 cm³/mol. The fourth-order valence-corrected chi connectivity index (χ4v) is 7.49. The molecule has 0 saturated heterocycles. The summed E-state index contributed by atoms with van der Waals surface area (Å²) in [6, 6.07) is 35.1. The van der Waals surface area contributed by atoms with Gasteiger partial charge in [0.25, 0.3) is 0 Å². The molecule has 0 aliphatic heterocycles. The van der Waals surface area contributed by atoms with Crippen molar-refractivity contribution in [3.63, 3.8) is 0 Å². The number of thiophene rings is 1. The second-order valence-electron chi connectivity index (χ2n) is 12.6. The van der Waals surface area contributed by atoms with Crippen molar-refractivity contribution >= 4 is 21.6 Å². The Morgan fingerprint density at radius 2 is 1.48 bits per heavy atom. The number of rotatable bonds is 13. The molecular weight excluding hydrogens is 620 g/mol. The van der Waals surface area contributed by atoms with Crippen molar-refractivity contribution in [1.82, 2.24) is 9.47 Å². The molecule has 6 rings (SSSR count). The molecule has 48 heavy (non-hydrogen) atoms. The summed E-state index contributed by atoms with van der Waals surface area (Å²) in [5.41, 5.74) is 5.28. The van der Waals surface area contributed by atoms with E-state index in [0.29, 0.717) is 29.7 Å². The van der Waals surface area contributed by atoms with Crippen molar-refractivity contribution in [1.29, 1.82) is 0 Å². The fourth-order valence-electron chi connectivity index (χ4n) is 6.20. The maximum Gasteiger partial charge on any atom is 0.196 e. The monoisotopic (exact) mass is 660 g/mol. The molecule has 7 heteroatoms. The minimum absolute atomic E-state index is 0.0182. The van der Waals surface area contributed by atoms with Gasteiger partial charge in [0, 0.05) is 35.3 Å². The minimum Gasteiger partial charge on any atom is -0.497 e. The number of halogens is 1. The molecule has 0 aliphatic carbocycles. The molecule has 6 aromatic rings. The van der Waals surface area contributed by atoms with Gasteiger partial charge in [-0.25, -0.2) is 4.39 Å². The molecule has 5 nitrogen and oxygen atoms in total. The molecule has 0 radical (unpaired) electrons. The second kappa shape index (κ2) is 15.1. The Bertz CT molecular complexity index is 2020. The summed E-state index contributed by atoms with van der Waals surface area (Å²) in [7, 11) is 3.73. The lowest BCUT2D eigenvalue weighted by Gasteiger charge is -2.24. The highest BCUT2D eigenvalue weighted by atomic mass is 32.1. The summed E-state index contributed by atoms with van der Waals surface area (Å²) in [6.45, 7) is 6.07. The highest BCUT2D eigenvalue weighted by Gasteiger charge is 2.27. The summed E-state index contributed by atoms with van der Waals surface area (Å²) >= 11 is 1.58. The van der Waals surface area contributed by atoms with Crippen molar-refractivity contribution in [3.8, 4) is 16.2 Å². The van der Waals surface area contributed by atoms with E-state index in [1.165, 1.54) is 11.6 Å². The highest BCUT2D eigenvalue weighted by Crippen LogP contribution is 2.40. The van der Waals surface area contributed by atoms with Crippen LogP contribution in [0.2, 0.25) is 0 Å². The third-order valence-corrected chi connectivity index (χ3v) is 9.91. The lowest BCUT2D eigenvalue weighted by atomic mass is 9.97. The van der Waals surface area contributed by atoms with E-state index >= 15 is 4.39 Å². The highest BCUT2D eigenvalue weighted by molar-refractivity contribution is 7.22. The topological polar surface area (TPSA) is 43.7 Å². The molecule has 1 atom stereocenters. The summed E-state index contributed by atoms with van der Waals surface area (Å²) in [5, 5.41) is 0.661. The van der Waals surface area contributed by atoms with Crippen molar-refractivity contribution in [3.05, 3.63) is 159 Å². The van der Waals surface area contributed by atoms with Crippen molar-refractivity contribution in [2.45, 2.75) is 46.2 Å². The van der Waals surface area contributed by atoms with Gasteiger partial charge in [0.1, 0.15) is 16.4 Å². The van der Waals surface area contributed by atoms with Crippen LogP contribution in [0.4, 0.5) is 4.39 Å². The number of nitrogens with zero attached hydrogens (tertiary/aromatic N) is 2. The van der Waals surface area contributed by atoms with Gasteiger partial charge in [-0.15, -0.1) is 11.3 Å². The Hall–Kier alpha value is -4.56. The Labute approximate surface area is 285 Å². The smallest absolute Gasteiger partial charge is 0.196 e. The van der Waals surface area contributed by atoms with E-state index in [-0.39, 0.29) is 23.7 Å². The standard InChI is InChI=1S/C41H41FN2O3S/c1-28(2)39(47-27-30-15-9-6-10-16-30)35-26-44(24-32-17-11-12-18-36(32)42)41-37(38(35)45)34(25-43(3)23-29-13-7-5-8-14-29)40(48-41)31-19-21-33(46-4)22-20-31/h5-22,26,28,39H,23-25,27H2,1-4H3. The van der Waals surface area contributed by atoms with Gasteiger partial charge >= 0.3 is 0 Å². The summed E-state index contributed by atoms with van der Waals surface area (Å²) in [4.78, 5) is 18.9.